The summed E-state index contributed by atoms with van der Waals surface area (Å²) in [5.41, 5.74) is 2.37. The summed E-state index contributed by atoms with van der Waals surface area (Å²) in [5, 5.41) is 0. The van der Waals surface area contributed by atoms with E-state index in [-0.39, 0.29) is 5.97 Å². The number of methoxy groups -OCH3 is 1. The van der Waals surface area contributed by atoms with Crippen molar-refractivity contribution in [2.24, 2.45) is 0 Å². The molecule has 0 atom stereocenters. The molecule has 0 bridgehead atoms. The predicted octanol–water partition coefficient (Wildman–Crippen LogP) is 2.85. The van der Waals surface area contributed by atoms with Crippen LogP contribution in [0.5, 0.6) is 0 Å². The fourth-order valence-electron chi connectivity index (χ4n) is 0.921. The maximum absolute atomic E-state index is 10.8. The Morgan fingerprint density at radius 3 is 2.38 bits per heavy atom. The third-order valence-corrected chi connectivity index (χ3v) is 1.66. The molecule has 0 aliphatic carbocycles. The fraction of sp³-hybridized carbons (Fsp3) is 0.545. The van der Waals surface area contributed by atoms with Crippen molar-refractivity contribution in [3.63, 3.8) is 0 Å². The lowest BCUT2D eigenvalue weighted by Gasteiger charge is -1.97. The van der Waals surface area contributed by atoms with E-state index in [2.05, 4.69) is 24.7 Å². The van der Waals surface area contributed by atoms with Gasteiger partial charge in [0, 0.05) is 6.08 Å². The normalized spacial score (nSPS) is 10.9. The van der Waals surface area contributed by atoms with Gasteiger partial charge < -0.3 is 4.74 Å². The second-order valence-electron chi connectivity index (χ2n) is 3.33. The number of carbonyl (C=O) groups excluding carboxylic acids is 1. The van der Waals surface area contributed by atoms with Gasteiger partial charge in [-0.1, -0.05) is 17.2 Å². The van der Waals surface area contributed by atoms with E-state index in [1.165, 1.54) is 12.7 Å². The van der Waals surface area contributed by atoms with E-state index in [4.69, 9.17) is 0 Å². The number of hydrogen-bond acceptors (Lipinski definition) is 2. The summed E-state index contributed by atoms with van der Waals surface area (Å²) in [6.45, 7) is 6.08. The molecule has 0 aromatic heterocycles. The van der Waals surface area contributed by atoms with Crippen molar-refractivity contribution in [1.82, 2.24) is 0 Å². The molecule has 0 N–H and O–H groups in total. The Labute approximate surface area is 80.3 Å². The molecular weight excluding hydrogens is 164 g/mol. The smallest absolute Gasteiger partial charge is 0.330 e. The first-order valence-electron chi connectivity index (χ1n) is 4.44. The average molecular weight is 182 g/mol. The number of carbonyl (C=O) groups is 1. The van der Waals surface area contributed by atoms with Crippen LogP contribution in [0.4, 0.5) is 0 Å². The minimum absolute atomic E-state index is 0.269. The van der Waals surface area contributed by atoms with Gasteiger partial charge in [0.2, 0.25) is 0 Å². The number of rotatable bonds is 4. The van der Waals surface area contributed by atoms with Crippen LogP contribution >= 0.6 is 0 Å². The molecule has 0 fully saturated rings. The molecule has 0 rings (SSSR count). The Hall–Kier alpha value is -1.05. The molecule has 0 saturated carbocycles. The summed E-state index contributed by atoms with van der Waals surface area (Å²) in [4.78, 5) is 10.8. The zero-order chi connectivity index (χ0) is 10.3. The Morgan fingerprint density at radius 1 is 1.31 bits per heavy atom. The van der Waals surface area contributed by atoms with Crippen molar-refractivity contribution in [3.05, 3.63) is 23.3 Å². The first-order valence-corrected chi connectivity index (χ1v) is 4.44. The summed E-state index contributed by atoms with van der Waals surface area (Å²) < 4.78 is 4.52. The zero-order valence-electron chi connectivity index (χ0n) is 8.89. The Kier molecular flexibility index (Phi) is 5.94. The third-order valence-electron chi connectivity index (χ3n) is 1.66. The highest BCUT2D eigenvalue weighted by molar-refractivity contribution is 5.82. The van der Waals surface area contributed by atoms with E-state index in [9.17, 15) is 4.79 Å². The van der Waals surface area contributed by atoms with Crippen molar-refractivity contribution in [3.8, 4) is 0 Å². The summed E-state index contributed by atoms with van der Waals surface area (Å²) in [6.07, 6.45) is 5.61. The van der Waals surface area contributed by atoms with Gasteiger partial charge in [0.25, 0.3) is 0 Å². The molecule has 0 aliphatic heterocycles. The van der Waals surface area contributed by atoms with Crippen LogP contribution in [0, 0.1) is 0 Å². The molecule has 13 heavy (non-hydrogen) atoms. The Bertz CT molecular complexity index is 220. The minimum Gasteiger partial charge on any atom is -0.466 e. The van der Waals surface area contributed by atoms with E-state index < -0.39 is 0 Å². The lowest BCUT2D eigenvalue weighted by atomic mass is 10.1. The molecular formula is C11H18O2. The molecule has 2 heteroatoms. The predicted molar refractivity (Wildman–Crippen MR) is 54.4 cm³/mol. The van der Waals surface area contributed by atoms with E-state index in [0.717, 1.165) is 18.4 Å². The highest BCUT2D eigenvalue weighted by atomic mass is 16.5. The number of hydrogen-bond donors (Lipinski definition) is 0. The van der Waals surface area contributed by atoms with E-state index in [1.807, 2.05) is 6.92 Å². The second-order valence-corrected chi connectivity index (χ2v) is 3.33. The molecule has 0 aromatic carbocycles. The highest BCUT2D eigenvalue weighted by Gasteiger charge is 1.95. The maximum atomic E-state index is 10.8. The zero-order valence-corrected chi connectivity index (χ0v) is 8.89. The van der Waals surface area contributed by atoms with Crippen LogP contribution in [0.3, 0.4) is 0 Å². The summed E-state index contributed by atoms with van der Waals surface area (Å²) in [6, 6.07) is 0. The molecule has 2 nitrogen and oxygen atoms in total. The van der Waals surface area contributed by atoms with Crippen molar-refractivity contribution in [2.75, 3.05) is 7.11 Å². The van der Waals surface area contributed by atoms with Crippen molar-refractivity contribution >= 4 is 5.97 Å². The van der Waals surface area contributed by atoms with Crippen LogP contribution in [-0.4, -0.2) is 13.1 Å². The van der Waals surface area contributed by atoms with Crippen molar-refractivity contribution in [1.29, 1.82) is 0 Å². The molecule has 0 radical (unpaired) electrons. The lowest BCUT2D eigenvalue weighted by molar-refractivity contribution is -0.134. The molecule has 0 amide bonds. The molecule has 0 saturated heterocycles. The van der Waals surface area contributed by atoms with Crippen molar-refractivity contribution < 1.29 is 9.53 Å². The van der Waals surface area contributed by atoms with Gasteiger partial charge in [0.15, 0.2) is 0 Å². The standard InChI is InChI=1S/C11H18O2/c1-9(2)6-5-7-10(3)8-11(12)13-4/h6,8H,5,7H2,1-4H3/b10-8+. The van der Waals surface area contributed by atoms with Gasteiger partial charge in [-0.2, -0.15) is 0 Å². The molecule has 0 spiro atoms. The van der Waals surface area contributed by atoms with Crippen molar-refractivity contribution in [2.45, 2.75) is 33.6 Å². The number of allylic oxidation sites excluding steroid dienone is 3. The van der Waals surface area contributed by atoms with E-state index in [1.54, 1.807) is 6.08 Å². The van der Waals surface area contributed by atoms with Gasteiger partial charge in [0.1, 0.15) is 0 Å². The summed E-state index contributed by atoms with van der Waals surface area (Å²) in [7, 11) is 1.39. The van der Waals surface area contributed by atoms with Gasteiger partial charge in [-0.05, 0) is 33.6 Å². The minimum atomic E-state index is -0.269. The summed E-state index contributed by atoms with van der Waals surface area (Å²) >= 11 is 0. The second kappa shape index (κ2) is 6.46. The highest BCUT2D eigenvalue weighted by Crippen LogP contribution is 2.06. The number of ether oxygens (including phenoxy) is 1. The first kappa shape index (κ1) is 11.9. The third kappa shape index (κ3) is 7.32. The average Bonchev–Trinajstić information content (AvgIpc) is 2.03. The summed E-state index contributed by atoms with van der Waals surface area (Å²) in [5.74, 6) is -0.269. The maximum Gasteiger partial charge on any atom is 0.330 e. The Morgan fingerprint density at radius 2 is 1.92 bits per heavy atom. The van der Waals surface area contributed by atoms with Crippen LogP contribution < -0.4 is 0 Å². The van der Waals surface area contributed by atoms with Gasteiger partial charge in [-0.25, -0.2) is 4.79 Å². The fourth-order valence-corrected chi connectivity index (χ4v) is 0.921. The molecule has 0 heterocycles. The molecule has 0 aliphatic rings. The van der Waals surface area contributed by atoms with Crippen LogP contribution in [-0.2, 0) is 9.53 Å². The van der Waals surface area contributed by atoms with Gasteiger partial charge >= 0.3 is 5.97 Å². The SMILES string of the molecule is COC(=O)/C=C(\C)CCC=C(C)C. The monoisotopic (exact) mass is 182 g/mol. The quantitative estimate of drug-likeness (QED) is 0.379. The van der Waals surface area contributed by atoms with Gasteiger partial charge in [0.05, 0.1) is 7.11 Å². The van der Waals surface area contributed by atoms with Crippen LogP contribution in [0.2, 0.25) is 0 Å². The molecule has 0 unspecified atom stereocenters. The molecule has 0 aromatic rings. The van der Waals surface area contributed by atoms with Crippen LogP contribution in [0.1, 0.15) is 33.6 Å². The topological polar surface area (TPSA) is 26.3 Å². The lowest BCUT2D eigenvalue weighted by Crippen LogP contribution is -1.95. The Balaban J connectivity index is 3.87. The van der Waals surface area contributed by atoms with Gasteiger partial charge in [-0.3, -0.25) is 0 Å². The van der Waals surface area contributed by atoms with E-state index >= 15 is 0 Å². The first-order chi connectivity index (χ1) is 6.06. The largest absolute Gasteiger partial charge is 0.466 e. The van der Waals surface area contributed by atoms with Crippen LogP contribution in [0.25, 0.3) is 0 Å². The van der Waals surface area contributed by atoms with E-state index in [0.29, 0.717) is 0 Å². The van der Waals surface area contributed by atoms with Crippen LogP contribution in [0.15, 0.2) is 23.3 Å². The number of esters is 1. The van der Waals surface area contributed by atoms with Gasteiger partial charge in [-0.15, -0.1) is 0 Å². The molecule has 74 valence electrons.